The van der Waals surface area contributed by atoms with Gasteiger partial charge in [-0.1, -0.05) is 320 Å². The van der Waals surface area contributed by atoms with E-state index in [1.807, 2.05) is 21.1 Å². The molecule has 0 aliphatic rings. The summed E-state index contributed by atoms with van der Waals surface area (Å²) in [5.41, 5.74) is 0. The highest BCUT2D eigenvalue weighted by Crippen LogP contribution is 2.43. The van der Waals surface area contributed by atoms with Gasteiger partial charge >= 0.3 is 19.8 Å². The monoisotopic (exact) mass is 1300 g/mol. The molecule has 0 aliphatic heterocycles. The minimum Gasteiger partial charge on any atom is -0.462 e. The highest BCUT2D eigenvalue weighted by atomic mass is 31.2. The van der Waals surface area contributed by atoms with Crippen molar-refractivity contribution in [3.63, 3.8) is 0 Å². The third-order valence-electron chi connectivity index (χ3n) is 15.9. The van der Waals surface area contributed by atoms with E-state index >= 15 is 0 Å². The van der Waals surface area contributed by atoms with E-state index in [1.165, 1.54) is 167 Å². The molecule has 9 nitrogen and oxygen atoms in total. The van der Waals surface area contributed by atoms with Crippen LogP contribution in [0, 0.1) is 0 Å². The van der Waals surface area contributed by atoms with Gasteiger partial charge in [0.05, 0.1) is 27.7 Å². The van der Waals surface area contributed by atoms with Crippen LogP contribution >= 0.6 is 7.82 Å². The van der Waals surface area contributed by atoms with Crippen LogP contribution < -0.4 is 0 Å². The molecule has 0 aromatic heterocycles. The van der Waals surface area contributed by atoms with Crippen molar-refractivity contribution >= 4 is 19.8 Å². The van der Waals surface area contributed by atoms with E-state index in [0.717, 1.165) is 109 Å². The molecule has 1 N–H and O–H groups in total. The number of unbranched alkanes of at least 4 members (excludes halogenated alkanes) is 30. The van der Waals surface area contributed by atoms with Gasteiger partial charge in [0.1, 0.15) is 19.8 Å². The van der Waals surface area contributed by atoms with Gasteiger partial charge in [-0.2, -0.15) is 0 Å². The Hall–Kier alpha value is -4.11. The maximum atomic E-state index is 12.9. The summed E-state index contributed by atoms with van der Waals surface area (Å²) in [4.78, 5) is 35.9. The Balaban J connectivity index is 4.13. The molecule has 0 aromatic carbocycles. The third kappa shape index (κ3) is 74.9. The van der Waals surface area contributed by atoms with Gasteiger partial charge in [-0.25, -0.2) is 4.57 Å². The molecule has 0 aliphatic carbocycles. The topological polar surface area (TPSA) is 108 Å². The average Bonchev–Trinajstić information content (AvgIpc) is 2.34. The van der Waals surface area contributed by atoms with E-state index in [9.17, 15) is 19.0 Å². The molecule has 2 unspecified atom stereocenters. The van der Waals surface area contributed by atoms with Crippen molar-refractivity contribution in [3.05, 3.63) is 146 Å². The van der Waals surface area contributed by atoms with E-state index in [-0.39, 0.29) is 32.0 Å². The van der Waals surface area contributed by atoms with Crippen LogP contribution in [0.2, 0.25) is 0 Å². The first kappa shape index (κ1) is 87.9. The van der Waals surface area contributed by atoms with Gasteiger partial charge in [0, 0.05) is 12.8 Å². The summed E-state index contributed by atoms with van der Waals surface area (Å²) in [5.74, 6) is -0.835. The second-order valence-corrected chi connectivity index (χ2v) is 27.4. The first-order valence-electron chi connectivity index (χ1n) is 37.6. The van der Waals surface area contributed by atoms with Gasteiger partial charge in [-0.05, 0) is 122 Å². The average molecular weight is 1300 g/mol. The summed E-state index contributed by atoms with van der Waals surface area (Å²) in [7, 11) is 1.44. The van der Waals surface area contributed by atoms with Crippen LogP contribution in [0.4, 0.5) is 0 Å². The summed E-state index contributed by atoms with van der Waals surface area (Å²) in [6, 6.07) is 0. The Morgan fingerprint density at radius 2 is 0.620 bits per heavy atom. The van der Waals surface area contributed by atoms with Gasteiger partial charge in [-0.15, -0.1) is 0 Å². The van der Waals surface area contributed by atoms with Gasteiger partial charge in [0.2, 0.25) is 0 Å². The first-order chi connectivity index (χ1) is 45.0. The van der Waals surface area contributed by atoms with E-state index in [0.29, 0.717) is 17.4 Å². The molecule has 526 valence electrons. The zero-order chi connectivity index (χ0) is 66.9. The van der Waals surface area contributed by atoms with Crippen molar-refractivity contribution in [2.24, 2.45) is 0 Å². The molecule has 0 rings (SSSR count). The summed E-state index contributed by atoms with van der Waals surface area (Å²) in [6.07, 6.45) is 105. The van der Waals surface area contributed by atoms with Crippen molar-refractivity contribution in [2.75, 3.05) is 47.5 Å². The number of allylic oxidation sites excluding steroid dienone is 24. The molecule has 0 radical (unpaired) electrons. The minimum atomic E-state index is -4.41. The molecule has 0 saturated heterocycles. The standard InChI is InChI=1S/C82H140NO8P/c1-6-8-10-12-14-16-18-20-22-24-26-28-30-32-34-36-38-39-40-41-42-43-45-47-49-51-53-55-57-59-61-63-65-67-69-71-73-75-82(85)91-80(79-90-92(86,87)89-77-76-83(3,4)5)78-88-81(84)74-72-70-68-66-64-62-60-58-56-54-52-50-48-46-44-37-35-33-31-29-27-25-23-21-19-17-15-13-11-9-7-2/h8,10,14,16,20,22,25-28,32,34,38-39,41-42,45,47,51,53,57,59,63,65,80H,6-7,9,11-13,15,17-19,21,23-24,29-31,33,35-37,40,43-44,46,48-50,52,54-56,58,60-62,64,66-79H2,1-5H3/p+1/b10-8-,16-14-,22-20-,27-25-,28-26-,34-32-,39-38-,42-41-,47-45-,53-51-,59-57-,65-63-. The molecular formula is C82H141NO8P+. The number of phosphoric ester groups is 1. The molecule has 92 heavy (non-hydrogen) atoms. The van der Waals surface area contributed by atoms with Crippen molar-refractivity contribution in [3.8, 4) is 0 Å². The first-order valence-corrected chi connectivity index (χ1v) is 39.1. The number of hydrogen-bond acceptors (Lipinski definition) is 7. The number of carbonyl (C=O) groups excluding carboxylic acids is 2. The molecular weight excluding hydrogens is 1160 g/mol. The lowest BCUT2D eigenvalue weighted by atomic mass is 10.0. The van der Waals surface area contributed by atoms with E-state index in [1.54, 1.807) is 0 Å². The number of quaternary nitrogens is 1. The van der Waals surface area contributed by atoms with Crippen LogP contribution in [0.1, 0.15) is 309 Å². The SMILES string of the molecule is CC/C=C\C/C=C\C/C=C\C/C=C\C/C=C\C/C=C\C/C=C\C/C=C\C/C=C\C/C=C\C/C=C\CCCCCC(=O)OC(COC(=O)CCCCCCCCCCCCCCCCCCCCC/C=C\CCCCCCCCCC)COP(=O)(O)OCC[N+](C)(C)C. The molecule has 0 bridgehead atoms. The Kier molecular flexibility index (Phi) is 68.0. The number of nitrogens with zero attached hydrogens (tertiary/aromatic N) is 1. The summed E-state index contributed by atoms with van der Waals surface area (Å²) < 4.78 is 34.7. The lowest BCUT2D eigenvalue weighted by Gasteiger charge is -2.24. The maximum Gasteiger partial charge on any atom is 0.472 e. The lowest BCUT2D eigenvalue weighted by Crippen LogP contribution is -2.37. The highest BCUT2D eigenvalue weighted by Gasteiger charge is 2.27. The van der Waals surface area contributed by atoms with Crippen LogP contribution in [0.3, 0.4) is 0 Å². The fourth-order valence-corrected chi connectivity index (χ4v) is 10.9. The number of ether oxygens (including phenoxy) is 2. The summed E-state index contributed by atoms with van der Waals surface area (Å²) in [5, 5.41) is 0. The molecule has 10 heteroatoms. The maximum absolute atomic E-state index is 12.9. The van der Waals surface area contributed by atoms with Crippen molar-refractivity contribution < 1.29 is 42.1 Å². The van der Waals surface area contributed by atoms with Crippen LogP contribution in [-0.4, -0.2) is 74.9 Å². The number of esters is 2. The van der Waals surface area contributed by atoms with Gasteiger partial charge in [-0.3, -0.25) is 18.6 Å². The predicted molar refractivity (Wildman–Crippen MR) is 399 cm³/mol. The second kappa shape index (κ2) is 71.2. The van der Waals surface area contributed by atoms with Gasteiger partial charge < -0.3 is 18.9 Å². The van der Waals surface area contributed by atoms with Gasteiger partial charge in [0.15, 0.2) is 6.10 Å². The quantitative estimate of drug-likeness (QED) is 0.0211. The number of likely N-dealkylation sites (N-methyl/N-ethyl adjacent to an activating group) is 1. The highest BCUT2D eigenvalue weighted by molar-refractivity contribution is 7.47. The number of rotatable bonds is 68. The van der Waals surface area contributed by atoms with E-state index < -0.39 is 26.5 Å². The molecule has 0 saturated carbocycles. The van der Waals surface area contributed by atoms with Crippen LogP contribution in [0.5, 0.6) is 0 Å². The van der Waals surface area contributed by atoms with E-state index in [4.69, 9.17) is 18.5 Å². The van der Waals surface area contributed by atoms with E-state index in [2.05, 4.69) is 160 Å². The van der Waals surface area contributed by atoms with Crippen LogP contribution in [0.15, 0.2) is 146 Å². The zero-order valence-electron chi connectivity index (χ0n) is 60.0. The smallest absolute Gasteiger partial charge is 0.462 e. The normalized spacial score (nSPS) is 13.9. The summed E-state index contributed by atoms with van der Waals surface area (Å²) >= 11 is 0. The van der Waals surface area contributed by atoms with Crippen LogP contribution in [0.25, 0.3) is 0 Å². The van der Waals surface area contributed by atoms with Crippen molar-refractivity contribution in [1.29, 1.82) is 0 Å². The number of phosphoric acid groups is 1. The molecule has 2 atom stereocenters. The van der Waals surface area contributed by atoms with Gasteiger partial charge in [0.25, 0.3) is 0 Å². The molecule has 0 aromatic rings. The molecule has 0 spiro atoms. The predicted octanol–water partition coefficient (Wildman–Crippen LogP) is 24.9. The number of hydrogen-bond donors (Lipinski definition) is 1. The molecule has 0 fully saturated rings. The Morgan fingerprint density at radius 1 is 0.348 bits per heavy atom. The van der Waals surface area contributed by atoms with Crippen LogP contribution in [-0.2, 0) is 32.7 Å². The largest absolute Gasteiger partial charge is 0.472 e. The molecule has 0 amide bonds. The van der Waals surface area contributed by atoms with Crippen molar-refractivity contribution in [1.82, 2.24) is 0 Å². The third-order valence-corrected chi connectivity index (χ3v) is 16.8. The Morgan fingerprint density at radius 3 is 0.946 bits per heavy atom. The zero-order valence-corrected chi connectivity index (χ0v) is 60.9. The minimum absolute atomic E-state index is 0.0186. The van der Waals surface area contributed by atoms with Crippen molar-refractivity contribution in [2.45, 2.75) is 315 Å². The lowest BCUT2D eigenvalue weighted by molar-refractivity contribution is -0.870. The fourth-order valence-electron chi connectivity index (χ4n) is 10.1. The Labute approximate surface area is 567 Å². The fraction of sp³-hybridized carbons (Fsp3) is 0.683. The molecule has 0 heterocycles. The second-order valence-electron chi connectivity index (χ2n) is 25.9. The summed E-state index contributed by atoms with van der Waals surface area (Å²) in [6.45, 7) is 4.30. The Bertz CT molecular complexity index is 2070. The number of carbonyl (C=O) groups is 2.